The molecule has 0 bridgehead atoms. The van der Waals surface area contributed by atoms with Gasteiger partial charge in [-0.25, -0.2) is 8.42 Å². The first-order valence-electron chi connectivity index (χ1n) is 5.65. The molecule has 0 radical (unpaired) electrons. The SMILES string of the molecule is CNCCCS(=O)(=O)N(C)c1cccc(C)c1. The average Bonchev–Trinajstić information content (AvgIpc) is 2.28. The Morgan fingerprint density at radius 3 is 2.65 bits per heavy atom. The van der Waals surface area contributed by atoms with Gasteiger partial charge in [0.2, 0.25) is 10.0 Å². The summed E-state index contributed by atoms with van der Waals surface area (Å²) in [6.45, 7) is 2.66. The second-order valence-corrected chi connectivity index (χ2v) is 6.20. The summed E-state index contributed by atoms with van der Waals surface area (Å²) in [6.07, 6.45) is 0.620. The molecule has 0 heterocycles. The summed E-state index contributed by atoms with van der Waals surface area (Å²) in [6, 6.07) is 7.49. The molecule has 0 spiro atoms. The van der Waals surface area contributed by atoms with E-state index in [0.29, 0.717) is 13.0 Å². The summed E-state index contributed by atoms with van der Waals surface area (Å²) in [5.41, 5.74) is 1.77. The summed E-state index contributed by atoms with van der Waals surface area (Å²) in [4.78, 5) is 0. The summed E-state index contributed by atoms with van der Waals surface area (Å²) in [5.74, 6) is 0.165. The molecule has 1 N–H and O–H groups in total. The van der Waals surface area contributed by atoms with Crippen LogP contribution in [0.2, 0.25) is 0 Å². The third-order valence-corrected chi connectivity index (χ3v) is 4.46. The monoisotopic (exact) mass is 256 g/mol. The average molecular weight is 256 g/mol. The van der Waals surface area contributed by atoms with Crippen LogP contribution in [0.25, 0.3) is 0 Å². The predicted octanol–water partition coefficient (Wildman–Crippen LogP) is 1.37. The van der Waals surface area contributed by atoms with Crippen LogP contribution in [-0.2, 0) is 10.0 Å². The molecule has 1 rings (SSSR count). The lowest BCUT2D eigenvalue weighted by molar-refractivity contribution is 0.590. The standard InChI is InChI=1S/C12H20N2O2S/c1-11-6-4-7-12(10-11)14(3)17(15,16)9-5-8-13-2/h4,6-7,10,13H,5,8-9H2,1-3H3. The number of hydrogen-bond acceptors (Lipinski definition) is 3. The highest BCUT2D eigenvalue weighted by Crippen LogP contribution is 2.17. The number of anilines is 1. The van der Waals surface area contributed by atoms with Gasteiger partial charge in [0.05, 0.1) is 11.4 Å². The van der Waals surface area contributed by atoms with Crippen molar-refractivity contribution in [1.82, 2.24) is 5.32 Å². The zero-order valence-corrected chi connectivity index (χ0v) is 11.4. The van der Waals surface area contributed by atoms with E-state index in [2.05, 4.69) is 5.32 Å². The van der Waals surface area contributed by atoms with Crippen LogP contribution in [0, 0.1) is 6.92 Å². The van der Waals surface area contributed by atoms with Crippen molar-refractivity contribution in [2.75, 3.05) is 30.7 Å². The maximum absolute atomic E-state index is 12.0. The number of nitrogens with one attached hydrogen (secondary N) is 1. The molecule has 1 aromatic rings. The van der Waals surface area contributed by atoms with Gasteiger partial charge in [0.1, 0.15) is 0 Å². The van der Waals surface area contributed by atoms with E-state index in [-0.39, 0.29) is 5.75 Å². The van der Waals surface area contributed by atoms with Gasteiger partial charge in [0.25, 0.3) is 0 Å². The molecule has 0 saturated heterocycles. The minimum Gasteiger partial charge on any atom is -0.320 e. The van der Waals surface area contributed by atoms with Crippen molar-refractivity contribution >= 4 is 15.7 Å². The number of rotatable bonds is 6. The molecule has 0 aromatic heterocycles. The van der Waals surface area contributed by atoms with Crippen molar-refractivity contribution < 1.29 is 8.42 Å². The van der Waals surface area contributed by atoms with E-state index in [1.54, 1.807) is 7.05 Å². The Morgan fingerprint density at radius 2 is 2.06 bits per heavy atom. The van der Waals surface area contributed by atoms with Crippen LogP contribution in [0.3, 0.4) is 0 Å². The van der Waals surface area contributed by atoms with Crippen LogP contribution >= 0.6 is 0 Å². The van der Waals surface area contributed by atoms with Crippen molar-refractivity contribution in [3.8, 4) is 0 Å². The molecular weight excluding hydrogens is 236 g/mol. The van der Waals surface area contributed by atoms with Gasteiger partial charge < -0.3 is 5.32 Å². The lowest BCUT2D eigenvalue weighted by Gasteiger charge is -2.19. The first-order valence-corrected chi connectivity index (χ1v) is 7.26. The van der Waals surface area contributed by atoms with Crippen LogP contribution in [-0.4, -0.2) is 34.8 Å². The Labute approximate surface area is 104 Å². The normalized spacial score (nSPS) is 11.5. The Kier molecular flexibility index (Phi) is 4.96. The van der Waals surface area contributed by atoms with E-state index >= 15 is 0 Å². The molecule has 0 saturated carbocycles. The van der Waals surface area contributed by atoms with Gasteiger partial charge >= 0.3 is 0 Å². The van der Waals surface area contributed by atoms with Gasteiger partial charge in [-0.1, -0.05) is 12.1 Å². The highest BCUT2D eigenvalue weighted by Gasteiger charge is 2.17. The first-order chi connectivity index (χ1) is 7.97. The van der Waals surface area contributed by atoms with E-state index < -0.39 is 10.0 Å². The Hall–Kier alpha value is -1.07. The zero-order valence-electron chi connectivity index (χ0n) is 10.6. The summed E-state index contributed by atoms with van der Waals surface area (Å²) >= 11 is 0. The fraction of sp³-hybridized carbons (Fsp3) is 0.500. The van der Waals surface area contributed by atoms with Crippen LogP contribution in [0.4, 0.5) is 5.69 Å². The Balaban J connectivity index is 2.78. The fourth-order valence-corrected chi connectivity index (χ4v) is 2.77. The number of aryl methyl sites for hydroxylation is 1. The van der Waals surface area contributed by atoms with Gasteiger partial charge in [0, 0.05) is 7.05 Å². The third-order valence-electron chi connectivity index (χ3n) is 2.61. The van der Waals surface area contributed by atoms with Crippen molar-refractivity contribution in [3.63, 3.8) is 0 Å². The zero-order chi connectivity index (χ0) is 12.9. The lowest BCUT2D eigenvalue weighted by atomic mass is 10.2. The van der Waals surface area contributed by atoms with Gasteiger partial charge in [-0.2, -0.15) is 0 Å². The Morgan fingerprint density at radius 1 is 1.35 bits per heavy atom. The molecule has 0 aliphatic rings. The maximum Gasteiger partial charge on any atom is 0.234 e. The van der Waals surface area contributed by atoms with Crippen LogP contribution in [0.1, 0.15) is 12.0 Å². The highest BCUT2D eigenvalue weighted by atomic mass is 32.2. The number of benzene rings is 1. The predicted molar refractivity (Wildman–Crippen MR) is 71.9 cm³/mol. The molecule has 4 nitrogen and oxygen atoms in total. The molecule has 17 heavy (non-hydrogen) atoms. The molecule has 0 fully saturated rings. The Bertz CT molecular complexity index is 457. The number of nitrogens with zero attached hydrogens (tertiary/aromatic N) is 1. The fourth-order valence-electron chi connectivity index (χ4n) is 1.55. The molecule has 0 aliphatic heterocycles. The first kappa shape index (κ1) is 14.0. The van der Waals surface area contributed by atoms with Crippen molar-refractivity contribution in [3.05, 3.63) is 29.8 Å². The quantitative estimate of drug-likeness (QED) is 0.782. The topological polar surface area (TPSA) is 49.4 Å². The summed E-state index contributed by atoms with van der Waals surface area (Å²) < 4.78 is 25.4. The summed E-state index contributed by atoms with van der Waals surface area (Å²) in [7, 11) is 0.208. The van der Waals surface area contributed by atoms with E-state index in [1.165, 1.54) is 4.31 Å². The van der Waals surface area contributed by atoms with E-state index in [9.17, 15) is 8.42 Å². The molecule has 5 heteroatoms. The smallest absolute Gasteiger partial charge is 0.234 e. The van der Waals surface area contributed by atoms with Gasteiger partial charge in [-0.05, 0) is 44.6 Å². The second kappa shape index (κ2) is 6.02. The third kappa shape index (κ3) is 4.02. The van der Waals surface area contributed by atoms with E-state index in [1.807, 2.05) is 38.2 Å². The van der Waals surface area contributed by atoms with Crippen LogP contribution in [0.5, 0.6) is 0 Å². The van der Waals surface area contributed by atoms with Crippen molar-refractivity contribution in [2.45, 2.75) is 13.3 Å². The molecular formula is C12H20N2O2S. The maximum atomic E-state index is 12.0. The minimum atomic E-state index is -3.21. The molecule has 0 unspecified atom stereocenters. The van der Waals surface area contributed by atoms with Gasteiger partial charge in [-0.3, -0.25) is 4.31 Å². The molecule has 1 aromatic carbocycles. The van der Waals surface area contributed by atoms with Crippen LogP contribution in [0.15, 0.2) is 24.3 Å². The van der Waals surface area contributed by atoms with E-state index in [0.717, 1.165) is 11.3 Å². The molecule has 96 valence electrons. The van der Waals surface area contributed by atoms with Crippen molar-refractivity contribution in [2.24, 2.45) is 0 Å². The minimum absolute atomic E-state index is 0.165. The van der Waals surface area contributed by atoms with Gasteiger partial charge in [-0.15, -0.1) is 0 Å². The number of sulfonamides is 1. The summed E-state index contributed by atoms with van der Waals surface area (Å²) in [5, 5.41) is 2.95. The molecule has 0 amide bonds. The lowest BCUT2D eigenvalue weighted by Crippen LogP contribution is -2.30. The number of hydrogen-bond donors (Lipinski definition) is 1. The van der Waals surface area contributed by atoms with Gasteiger partial charge in [0.15, 0.2) is 0 Å². The van der Waals surface area contributed by atoms with Crippen LogP contribution < -0.4 is 9.62 Å². The van der Waals surface area contributed by atoms with Crippen molar-refractivity contribution in [1.29, 1.82) is 0 Å². The highest BCUT2D eigenvalue weighted by molar-refractivity contribution is 7.92. The molecule has 0 aliphatic carbocycles. The molecule has 0 atom stereocenters. The van der Waals surface area contributed by atoms with E-state index in [4.69, 9.17) is 0 Å². The largest absolute Gasteiger partial charge is 0.320 e. The second-order valence-electron chi connectivity index (χ2n) is 4.08.